The molecule has 0 aliphatic carbocycles. The third-order valence-corrected chi connectivity index (χ3v) is 2.90. The first-order valence-electron chi connectivity index (χ1n) is 6.96. The van der Waals surface area contributed by atoms with Crippen molar-refractivity contribution in [1.29, 1.82) is 0 Å². The average Bonchev–Trinajstić information content (AvgIpc) is 2.46. The number of nitrogens with one attached hydrogen (secondary N) is 2. The lowest BCUT2D eigenvalue weighted by molar-refractivity contribution is -0.129. The van der Waals surface area contributed by atoms with E-state index in [0.717, 1.165) is 0 Å². The van der Waals surface area contributed by atoms with Crippen molar-refractivity contribution in [2.75, 3.05) is 20.1 Å². The number of aliphatic imine (C=N–C) groups is 1. The highest BCUT2D eigenvalue weighted by Crippen LogP contribution is 2.12. The molecule has 0 fully saturated rings. The minimum Gasteiger partial charge on any atom is -0.370 e. The van der Waals surface area contributed by atoms with Crippen molar-refractivity contribution in [3.8, 4) is 0 Å². The normalized spacial score (nSPS) is 11.3. The summed E-state index contributed by atoms with van der Waals surface area (Å²) in [6, 6.07) is 0. The molecule has 0 saturated carbocycles. The quantitative estimate of drug-likeness (QED) is 0.230. The number of hydrogen-bond donors (Lipinski definition) is 4. The van der Waals surface area contributed by atoms with Crippen LogP contribution in [0, 0.1) is 5.92 Å². The standard InChI is InChI=1S/C13H25N5O3/c1-3-11(20)18-8-10(19)7-9(12(21)16-2)5-4-6-17-13(14)15/h9H,3-8H2,1-2H3,(H,16,21)(H,18,20)(H4,14,15,17). The van der Waals surface area contributed by atoms with Gasteiger partial charge in [-0.05, 0) is 12.8 Å². The van der Waals surface area contributed by atoms with Gasteiger partial charge in [-0.25, -0.2) is 0 Å². The first kappa shape index (κ1) is 18.9. The SMILES string of the molecule is CCC(=O)NCC(=O)CC(CCCN=C(N)N)C(=O)NC. The zero-order valence-corrected chi connectivity index (χ0v) is 12.6. The summed E-state index contributed by atoms with van der Waals surface area (Å²) in [6.07, 6.45) is 1.52. The molecule has 0 saturated heterocycles. The predicted molar refractivity (Wildman–Crippen MR) is 80.4 cm³/mol. The second-order valence-electron chi connectivity index (χ2n) is 4.63. The van der Waals surface area contributed by atoms with E-state index in [4.69, 9.17) is 11.5 Å². The fraction of sp³-hybridized carbons (Fsp3) is 0.692. The highest BCUT2D eigenvalue weighted by molar-refractivity contribution is 5.90. The molecule has 120 valence electrons. The molecule has 0 aliphatic heterocycles. The summed E-state index contributed by atoms with van der Waals surface area (Å²) in [6.45, 7) is 2.07. The summed E-state index contributed by atoms with van der Waals surface area (Å²) in [5.41, 5.74) is 10.4. The fourth-order valence-corrected chi connectivity index (χ4v) is 1.74. The highest BCUT2D eigenvalue weighted by Gasteiger charge is 2.20. The van der Waals surface area contributed by atoms with Gasteiger partial charge < -0.3 is 22.1 Å². The van der Waals surface area contributed by atoms with Crippen LogP contribution in [0.5, 0.6) is 0 Å². The van der Waals surface area contributed by atoms with Crippen LogP contribution in [0.25, 0.3) is 0 Å². The number of carbonyl (C=O) groups is 3. The molecule has 6 N–H and O–H groups in total. The van der Waals surface area contributed by atoms with Crippen molar-refractivity contribution in [3.63, 3.8) is 0 Å². The first-order chi connectivity index (χ1) is 9.90. The maximum absolute atomic E-state index is 11.8. The molecule has 21 heavy (non-hydrogen) atoms. The number of guanidine groups is 1. The Hall–Kier alpha value is -2.12. The van der Waals surface area contributed by atoms with Crippen LogP contribution in [0.3, 0.4) is 0 Å². The molecule has 2 amide bonds. The van der Waals surface area contributed by atoms with Crippen LogP contribution in [0.15, 0.2) is 4.99 Å². The van der Waals surface area contributed by atoms with E-state index in [1.54, 1.807) is 6.92 Å². The van der Waals surface area contributed by atoms with Crippen molar-refractivity contribution in [2.24, 2.45) is 22.4 Å². The number of carbonyl (C=O) groups excluding carboxylic acids is 3. The van der Waals surface area contributed by atoms with Crippen LogP contribution in [-0.4, -0.2) is 43.7 Å². The molecule has 1 atom stereocenters. The third kappa shape index (κ3) is 9.42. The van der Waals surface area contributed by atoms with Gasteiger partial charge in [-0.1, -0.05) is 6.92 Å². The number of hydrogen-bond acceptors (Lipinski definition) is 4. The third-order valence-electron chi connectivity index (χ3n) is 2.90. The molecule has 1 unspecified atom stereocenters. The van der Waals surface area contributed by atoms with Gasteiger partial charge in [0.05, 0.1) is 6.54 Å². The van der Waals surface area contributed by atoms with Crippen LogP contribution in [-0.2, 0) is 14.4 Å². The number of Topliss-reactive ketones (excluding diaryl/α,β-unsaturated/α-hetero) is 1. The van der Waals surface area contributed by atoms with E-state index in [-0.39, 0.29) is 36.5 Å². The molecule has 0 aromatic carbocycles. The average molecular weight is 299 g/mol. The van der Waals surface area contributed by atoms with Gasteiger partial charge in [0.15, 0.2) is 11.7 Å². The molecule has 0 radical (unpaired) electrons. The van der Waals surface area contributed by atoms with Crippen LogP contribution in [0.2, 0.25) is 0 Å². The van der Waals surface area contributed by atoms with Crippen molar-refractivity contribution in [2.45, 2.75) is 32.6 Å². The van der Waals surface area contributed by atoms with Gasteiger partial charge in [-0.15, -0.1) is 0 Å². The molecule has 8 nitrogen and oxygen atoms in total. The Morgan fingerprint density at radius 2 is 1.90 bits per heavy atom. The maximum atomic E-state index is 11.8. The van der Waals surface area contributed by atoms with E-state index in [9.17, 15) is 14.4 Å². The van der Waals surface area contributed by atoms with Gasteiger partial charge >= 0.3 is 0 Å². The van der Waals surface area contributed by atoms with E-state index < -0.39 is 5.92 Å². The predicted octanol–water partition coefficient (Wildman–Crippen LogP) is -1.11. The Kier molecular flexibility index (Phi) is 9.57. The lowest BCUT2D eigenvalue weighted by atomic mass is 9.96. The smallest absolute Gasteiger partial charge is 0.223 e. The molecule has 0 aromatic heterocycles. The fourth-order valence-electron chi connectivity index (χ4n) is 1.74. The van der Waals surface area contributed by atoms with E-state index >= 15 is 0 Å². The highest BCUT2D eigenvalue weighted by atomic mass is 16.2. The van der Waals surface area contributed by atoms with E-state index in [2.05, 4.69) is 15.6 Å². The molecule has 0 rings (SSSR count). The summed E-state index contributed by atoms with van der Waals surface area (Å²) in [5, 5.41) is 5.03. The number of nitrogens with zero attached hydrogens (tertiary/aromatic N) is 1. The molecule has 8 heteroatoms. The molecule has 0 aromatic rings. The minimum absolute atomic E-state index is 0.00449. The Balaban J connectivity index is 4.29. The molecule has 0 bridgehead atoms. The van der Waals surface area contributed by atoms with Crippen LogP contribution in [0.1, 0.15) is 32.6 Å². The van der Waals surface area contributed by atoms with E-state index in [0.29, 0.717) is 25.8 Å². The summed E-state index contributed by atoms with van der Waals surface area (Å²) in [5.74, 6) is -0.991. The molecular formula is C13H25N5O3. The van der Waals surface area contributed by atoms with Gasteiger partial charge in [0.2, 0.25) is 11.8 Å². The number of nitrogens with two attached hydrogens (primary N) is 2. The van der Waals surface area contributed by atoms with Gasteiger partial charge in [0, 0.05) is 32.4 Å². The Labute approximate surface area is 124 Å². The van der Waals surface area contributed by atoms with Crippen molar-refractivity contribution in [1.82, 2.24) is 10.6 Å². The van der Waals surface area contributed by atoms with Gasteiger partial charge in [-0.2, -0.15) is 0 Å². The van der Waals surface area contributed by atoms with Gasteiger partial charge in [-0.3, -0.25) is 19.4 Å². The van der Waals surface area contributed by atoms with Crippen molar-refractivity contribution >= 4 is 23.6 Å². The molecule has 0 aliphatic rings. The summed E-state index contributed by atoms with van der Waals surface area (Å²) in [7, 11) is 1.52. The largest absolute Gasteiger partial charge is 0.370 e. The summed E-state index contributed by atoms with van der Waals surface area (Å²) < 4.78 is 0. The van der Waals surface area contributed by atoms with Crippen LogP contribution in [0.4, 0.5) is 0 Å². The number of amides is 2. The Bertz CT molecular complexity index is 391. The molecule has 0 heterocycles. The number of ketones is 1. The Morgan fingerprint density at radius 1 is 1.24 bits per heavy atom. The van der Waals surface area contributed by atoms with Gasteiger partial charge in [0.1, 0.15) is 0 Å². The minimum atomic E-state index is -0.435. The lowest BCUT2D eigenvalue weighted by Crippen LogP contribution is -2.34. The molecule has 0 spiro atoms. The van der Waals surface area contributed by atoms with Crippen molar-refractivity contribution in [3.05, 3.63) is 0 Å². The maximum Gasteiger partial charge on any atom is 0.223 e. The summed E-state index contributed by atoms with van der Waals surface area (Å²) >= 11 is 0. The van der Waals surface area contributed by atoms with E-state index in [1.807, 2.05) is 0 Å². The van der Waals surface area contributed by atoms with Crippen molar-refractivity contribution < 1.29 is 14.4 Å². The zero-order valence-electron chi connectivity index (χ0n) is 12.6. The van der Waals surface area contributed by atoms with Crippen LogP contribution < -0.4 is 22.1 Å². The first-order valence-corrected chi connectivity index (χ1v) is 6.96. The van der Waals surface area contributed by atoms with Crippen LogP contribution >= 0.6 is 0 Å². The summed E-state index contributed by atoms with van der Waals surface area (Å²) in [4.78, 5) is 38.4. The second kappa shape index (κ2) is 10.6. The topological polar surface area (TPSA) is 140 Å². The van der Waals surface area contributed by atoms with Gasteiger partial charge in [0.25, 0.3) is 0 Å². The lowest BCUT2D eigenvalue weighted by Gasteiger charge is -2.14. The zero-order chi connectivity index (χ0) is 16.3. The Morgan fingerprint density at radius 3 is 2.43 bits per heavy atom. The molecular weight excluding hydrogens is 274 g/mol. The van der Waals surface area contributed by atoms with E-state index in [1.165, 1.54) is 7.05 Å². The monoisotopic (exact) mass is 299 g/mol. The number of rotatable bonds is 10. The second-order valence-corrected chi connectivity index (χ2v) is 4.63.